The Morgan fingerprint density at radius 1 is 1.43 bits per heavy atom. The maximum absolute atomic E-state index is 6.04. The van der Waals surface area contributed by atoms with Gasteiger partial charge in [0.1, 0.15) is 0 Å². The first-order chi connectivity index (χ1) is 6.79. The van der Waals surface area contributed by atoms with Gasteiger partial charge < -0.3 is 5.73 Å². The average Bonchev–Trinajstić information content (AvgIpc) is 2.75. The molecule has 1 aromatic rings. The molecule has 1 aliphatic rings. The monoisotopic (exact) mass is 208 g/mol. The fraction of sp³-hybridized carbons (Fsp3) is 0.455. The minimum absolute atomic E-state index is 0.188. The molecule has 0 aromatic carbocycles. The second-order valence-electron chi connectivity index (χ2n) is 3.74. The van der Waals surface area contributed by atoms with Crippen molar-refractivity contribution in [1.29, 1.82) is 0 Å². The number of rotatable bonds is 3. The van der Waals surface area contributed by atoms with Gasteiger partial charge in [0.15, 0.2) is 0 Å². The van der Waals surface area contributed by atoms with Crippen LogP contribution in [0.25, 0.3) is 0 Å². The molecular formula is C11H16N2S. The van der Waals surface area contributed by atoms with Crippen LogP contribution in [0.1, 0.15) is 17.8 Å². The maximum Gasteiger partial charge on any atom is 0.0596 e. The fourth-order valence-corrected chi connectivity index (χ4v) is 2.93. The van der Waals surface area contributed by atoms with Gasteiger partial charge in [-0.05, 0) is 18.4 Å². The van der Waals surface area contributed by atoms with Gasteiger partial charge in [-0.3, -0.25) is 4.90 Å². The van der Waals surface area contributed by atoms with Crippen LogP contribution in [0.3, 0.4) is 0 Å². The fourth-order valence-electron chi connectivity index (χ4n) is 1.95. The standard InChI is InChI=1S/C11H16N2S/c1-9(12)11(10-5-4-8-14-10)13-6-2-3-7-13/h2-5,8-9,11H,6-7,12H2,1H3. The number of hydrogen-bond donors (Lipinski definition) is 1. The lowest BCUT2D eigenvalue weighted by atomic mass is 10.1. The molecule has 14 heavy (non-hydrogen) atoms. The van der Waals surface area contributed by atoms with Gasteiger partial charge in [0.25, 0.3) is 0 Å². The van der Waals surface area contributed by atoms with E-state index in [1.54, 1.807) is 11.3 Å². The van der Waals surface area contributed by atoms with E-state index in [4.69, 9.17) is 5.73 Å². The van der Waals surface area contributed by atoms with Crippen molar-refractivity contribution < 1.29 is 0 Å². The Bertz CT molecular complexity index is 295. The van der Waals surface area contributed by atoms with Crippen molar-refractivity contribution in [2.24, 2.45) is 5.73 Å². The normalized spacial score (nSPS) is 21.3. The highest BCUT2D eigenvalue weighted by Gasteiger charge is 2.24. The van der Waals surface area contributed by atoms with E-state index in [9.17, 15) is 0 Å². The van der Waals surface area contributed by atoms with Crippen LogP contribution in [0.2, 0.25) is 0 Å². The van der Waals surface area contributed by atoms with E-state index in [1.807, 2.05) is 0 Å². The number of thiophene rings is 1. The van der Waals surface area contributed by atoms with Crippen molar-refractivity contribution in [3.05, 3.63) is 34.5 Å². The summed E-state index contributed by atoms with van der Waals surface area (Å²) in [6.07, 6.45) is 4.42. The molecule has 2 heterocycles. The molecule has 0 bridgehead atoms. The lowest BCUT2D eigenvalue weighted by Crippen LogP contribution is -2.37. The summed E-state index contributed by atoms with van der Waals surface area (Å²) in [5.74, 6) is 0. The van der Waals surface area contributed by atoms with Crippen LogP contribution in [0.15, 0.2) is 29.7 Å². The smallest absolute Gasteiger partial charge is 0.0596 e. The summed E-state index contributed by atoms with van der Waals surface area (Å²) in [5, 5.41) is 2.12. The first-order valence-corrected chi connectivity index (χ1v) is 5.85. The van der Waals surface area contributed by atoms with E-state index in [0.717, 1.165) is 13.1 Å². The van der Waals surface area contributed by atoms with Crippen LogP contribution in [-0.2, 0) is 0 Å². The second kappa shape index (κ2) is 4.26. The van der Waals surface area contributed by atoms with Crippen LogP contribution < -0.4 is 5.73 Å². The first kappa shape index (κ1) is 9.90. The second-order valence-corrected chi connectivity index (χ2v) is 4.72. The summed E-state index contributed by atoms with van der Waals surface area (Å²) in [4.78, 5) is 3.79. The molecule has 0 amide bonds. The minimum atomic E-state index is 0.188. The van der Waals surface area contributed by atoms with E-state index >= 15 is 0 Å². The Kier molecular flexibility index (Phi) is 3.01. The van der Waals surface area contributed by atoms with Crippen molar-refractivity contribution in [3.63, 3.8) is 0 Å². The molecule has 1 aromatic heterocycles. The Morgan fingerprint density at radius 3 is 2.64 bits per heavy atom. The minimum Gasteiger partial charge on any atom is -0.326 e. The third-order valence-corrected chi connectivity index (χ3v) is 3.52. The molecule has 2 rings (SSSR count). The SMILES string of the molecule is CC(N)C(c1cccs1)N1CC=CC1. The van der Waals surface area contributed by atoms with Crippen molar-refractivity contribution in [1.82, 2.24) is 4.90 Å². The number of hydrogen-bond acceptors (Lipinski definition) is 3. The molecule has 2 nitrogen and oxygen atoms in total. The molecule has 2 atom stereocenters. The lowest BCUT2D eigenvalue weighted by Gasteiger charge is -2.29. The maximum atomic E-state index is 6.04. The quantitative estimate of drug-likeness (QED) is 0.770. The van der Waals surface area contributed by atoms with E-state index in [0.29, 0.717) is 6.04 Å². The molecular weight excluding hydrogens is 192 g/mol. The summed E-state index contributed by atoms with van der Waals surface area (Å²) >= 11 is 1.80. The van der Waals surface area contributed by atoms with Gasteiger partial charge in [0.05, 0.1) is 6.04 Å². The molecule has 1 aliphatic heterocycles. The van der Waals surface area contributed by atoms with Crippen molar-refractivity contribution in [3.8, 4) is 0 Å². The Balaban J connectivity index is 2.16. The van der Waals surface area contributed by atoms with Crippen LogP contribution >= 0.6 is 11.3 Å². The molecule has 0 saturated heterocycles. The summed E-state index contributed by atoms with van der Waals surface area (Å²) in [7, 11) is 0. The molecule has 3 heteroatoms. The highest BCUT2D eigenvalue weighted by molar-refractivity contribution is 7.10. The van der Waals surface area contributed by atoms with E-state index in [2.05, 4.69) is 41.5 Å². The Labute approximate surface area is 89.0 Å². The van der Waals surface area contributed by atoms with E-state index in [-0.39, 0.29) is 6.04 Å². The molecule has 0 aliphatic carbocycles. The Hall–Kier alpha value is -0.640. The molecule has 0 saturated carbocycles. The number of nitrogens with two attached hydrogens (primary N) is 1. The first-order valence-electron chi connectivity index (χ1n) is 4.97. The van der Waals surface area contributed by atoms with Gasteiger partial charge in [-0.25, -0.2) is 0 Å². The Morgan fingerprint density at radius 2 is 2.14 bits per heavy atom. The van der Waals surface area contributed by atoms with Gasteiger partial charge in [0, 0.05) is 24.0 Å². The van der Waals surface area contributed by atoms with Gasteiger partial charge in [-0.15, -0.1) is 11.3 Å². The van der Waals surface area contributed by atoms with E-state index < -0.39 is 0 Å². The van der Waals surface area contributed by atoms with Gasteiger partial charge in [-0.1, -0.05) is 18.2 Å². The predicted octanol–water partition coefficient (Wildman–Crippen LogP) is 2.01. The van der Waals surface area contributed by atoms with Crippen molar-refractivity contribution in [2.45, 2.75) is 19.0 Å². The topological polar surface area (TPSA) is 29.3 Å². The van der Waals surface area contributed by atoms with Crippen LogP contribution in [0, 0.1) is 0 Å². The third kappa shape index (κ3) is 1.90. The molecule has 2 N–H and O–H groups in total. The zero-order valence-electron chi connectivity index (χ0n) is 8.39. The van der Waals surface area contributed by atoms with Gasteiger partial charge >= 0.3 is 0 Å². The molecule has 2 unspecified atom stereocenters. The molecule has 0 spiro atoms. The average molecular weight is 208 g/mol. The van der Waals surface area contributed by atoms with E-state index in [1.165, 1.54) is 4.88 Å². The summed E-state index contributed by atoms with van der Waals surface area (Å²) < 4.78 is 0. The third-order valence-electron chi connectivity index (χ3n) is 2.57. The summed E-state index contributed by atoms with van der Waals surface area (Å²) in [5.41, 5.74) is 6.04. The zero-order valence-corrected chi connectivity index (χ0v) is 9.20. The zero-order chi connectivity index (χ0) is 9.97. The lowest BCUT2D eigenvalue weighted by molar-refractivity contribution is 0.232. The molecule has 76 valence electrons. The number of nitrogens with zero attached hydrogens (tertiary/aromatic N) is 1. The summed E-state index contributed by atoms with van der Waals surface area (Å²) in [6, 6.07) is 4.84. The van der Waals surface area contributed by atoms with Crippen molar-refractivity contribution >= 4 is 11.3 Å². The van der Waals surface area contributed by atoms with Crippen LogP contribution in [0.5, 0.6) is 0 Å². The highest BCUT2D eigenvalue weighted by Crippen LogP contribution is 2.28. The van der Waals surface area contributed by atoms with Crippen molar-refractivity contribution in [2.75, 3.05) is 13.1 Å². The van der Waals surface area contributed by atoms with Crippen LogP contribution in [-0.4, -0.2) is 24.0 Å². The van der Waals surface area contributed by atoms with Gasteiger partial charge in [0.2, 0.25) is 0 Å². The van der Waals surface area contributed by atoms with Crippen LogP contribution in [0.4, 0.5) is 0 Å². The highest BCUT2D eigenvalue weighted by atomic mass is 32.1. The predicted molar refractivity (Wildman–Crippen MR) is 61.4 cm³/mol. The largest absolute Gasteiger partial charge is 0.326 e. The molecule has 0 fully saturated rings. The summed E-state index contributed by atoms with van der Waals surface area (Å²) in [6.45, 7) is 4.15. The molecule has 0 radical (unpaired) electrons. The van der Waals surface area contributed by atoms with Gasteiger partial charge in [-0.2, -0.15) is 0 Å².